The molecule has 4 aromatic rings. The minimum absolute atomic E-state index is 0.0622. The molecule has 4 rings (SSSR count). The van der Waals surface area contributed by atoms with Crippen LogP contribution in [0.3, 0.4) is 0 Å². The fourth-order valence-corrected chi connectivity index (χ4v) is 3.15. The van der Waals surface area contributed by atoms with Gasteiger partial charge in [-0.3, -0.25) is 4.79 Å². The molecule has 1 aromatic heterocycles. The van der Waals surface area contributed by atoms with Crippen molar-refractivity contribution in [2.24, 2.45) is 0 Å². The number of esters is 1. The zero-order valence-electron chi connectivity index (χ0n) is 16.2. The number of carbonyl (C=O) groups is 1. The number of furan rings is 1. The second-order valence-corrected chi connectivity index (χ2v) is 6.80. The van der Waals surface area contributed by atoms with E-state index in [0.717, 1.165) is 22.1 Å². The molecule has 0 aliphatic carbocycles. The molecule has 30 heavy (non-hydrogen) atoms. The predicted octanol–water partition coefficient (Wildman–Crippen LogP) is 5.49. The summed E-state index contributed by atoms with van der Waals surface area (Å²) in [5.74, 6) is 0.636. The second-order valence-electron chi connectivity index (χ2n) is 6.80. The minimum atomic E-state index is -0.384. The quantitative estimate of drug-likeness (QED) is 0.339. The number of halogens is 1. The molecule has 1 N–H and O–H groups in total. The van der Waals surface area contributed by atoms with Gasteiger partial charge in [-0.1, -0.05) is 6.07 Å². The number of fused-ring (bicyclic) bond motifs is 1. The first-order valence-corrected chi connectivity index (χ1v) is 9.38. The highest BCUT2D eigenvalue weighted by Crippen LogP contribution is 2.34. The Hall–Kier alpha value is -3.80. The van der Waals surface area contributed by atoms with Crippen LogP contribution in [0.15, 0.2) is 71.1 Å². The van der Waals surface area contributed by atoms with Crippen molar-refractivity contribution >= 4 is 16.9 Å². The third-order valence-electron chi connectivity index (χ3n) is 4.71. The van der Waals surface area contributed by atoms with Crippen LogP contribution in [0.1, 0.15) is 12.0 Å². The van der Waals surface area contributed by atoms with Crippen molar-refractivity contribution in [2.45, 2.75) is 12.8 Å². The fourth-order valence-electron chi connectivity index (χ4n) is 3.15. The lowest BCUT2D eigenvalue weighted by molar-refractivity contribution is -0.134. The largest absolute Gasteiger partial charge is 0.504 e. The molecule has 152 valence electrons. The Kier molecular flexibility index (Phi) is 5.39. The maximum atomic E-state index is 12.9. The van der Waals surface area contributed by atoms with Crippen LogP contribution < -0.4 is 9.47 Å². The SMILES string of the molecule is COc1cc(-c2cc3cc(CCC(=O)Oc4ccc(F)cc4)ccc3o2)ccc1O. The van der Waals surface area contributed by atoms with Crippen molar-refractivity contribution in [3.63, 3.8) is 0 Å². The summed E-state index contributed by atoms with van der Waals surface area (Å²) in [5.41, 5.74) is 2.47. The molecular weight excluding hydrogens is 387 g/mol. The standard InChI is InChI=1S/C24H19FO5/c1-28-23-13-16(4-9-20(23)26)22-14-17-12-15(2-10-21(17)30-22)3-11-24(27)29-19-7-5-18(25)6-8-19/h2,4-10,12-14,26H,3,11H2,1H3. The summed E-state index contributed by atoms with van der Waals surface area (Å²) >= 11 is 0. The molecule has 0 aliphatic rings. The number of phenolic OH excluding ortho intramolecular Hbond substituents is 1. The van der Waals surface area contributed by atoms with E-state index in [-0.39, 0.29) is 24.0 Å². The molecule has 0 aliphatic heterocycles. The van der Waals surface area contributed by atoms with Crippen LogP contribution >= 0.6 is 0 Å². The number of aromatic hydroxyl groups is 1. The average Bonchev–Trinajstić information content (AvgIpc) is 3.17. The van der Waals surface area contributed by atoms with Crippen molar-refractivity contribution in [1.82, 2.24) is 0 Å². The number of ether oxygens (including phenoxy) is 2. The highest BCUT2D eigenvalue weighted by Gasteiger charge is 2.11. The van der Waals surface area contributed by atoms with Gasteiger partial charge in [0, 0.05) is 17.4 Å². The van der Waals surface area contributed by atoms with Crippen LogP contribution in [-0.4, -0.2) is 18.2 Å². The third-order valence-corrected chi connectivity index (χ3v) is 4.71. The molecule has 0 atom stereocenters. The molecule has 0 saturated heterocycles. The van der Waals surface area contributed by atoms with Gasteiger partial charge in [-0.05, 0) is 72.6 Å². The second kappa shape index (κ2) is 8.29. The number of phenols is 1. The molecule has 0 saturated carbocycles. The minimum Gasteiger partial charge on any atom is -0.504 e. The first-order chi connectivity index (χ1) is 14.5. The molecule has 0 spiro atoms. The topological polar surface area (TPSA) is 68.9 Å². The van der Waals surface area contributed by atoms with Gasteiger partial charge in [0.2, 0.25) is 0 Å². The number of rotatable bonds is 6. The van der Waals surface area contributed by atoms with E-state index >= 15 is 0 Å². The monoisotopic (exact) mass is 406 g/mol. The Bertz CT molecular complexity index is 1190. The summed E-state index contributed by atoms with van der Waals surface area (Å²) in [4.78, 5) is 12.0. The van der Waals surface area contributed by atoms with Gasteiger partial charge in [0.25, 0.3) is 0 Å². The Morgan fingerprint density at radius 1 is 1.03 bits per heavy atom. The van der Waals surface area contributed by atoms with Crippen LogP contribution in [0, 0.1) is 5.82 Å². The highest BCUT2D eigenvalue weighted by molar-refractivity contribution is 5.84. The van der Waals surface area contributed by atoms with E-state index < -0.39 is 0 Å². The fraction of sp³-hybridized carbons (Fsp3) is 0.125. The van der Waals surface area contributed by atoms with Gasteiger partial charge in [-0.15, -0.1) is 0 Å². The van der Waals surface area contributed by atoms with E-state index in [4.69, 9.17) is 13.9 Å². The van der Waals surface area contributed by atoms with Gasteiger partial charge in [0.05, 0.1) is 7.11 Å². The van der Waals surface area contributed by atoms with E-state index in [1.807, 2.05) is 24.3 Å². The summed E-state index contributed by atoms with van der Waals surface area (Å²) in [6, 6.07) is 18.0. The summed E-state index contributed by atoms with van der Waals surface area (Å²) in [5, 5.41) is 10.7. The van der Waals surface area contributed by atoms with Gasteiger partial charge >= 0.3 is 5.97 Å². The average molecular weight is 406 g/mol. The van der Waals surface area contributed by atoms with Crippen molar-refractivity contribution in [1.29, 1.82) is 0 Å². The first kappa shape index (κ1) is 19.5. The van der Waals surface area contributed by atoms with Gasteiger partial charge in [-0.2, -0.15) is 0 Å². The summed E-state index contributed by atoms with van der Waals surface area (Å²) < 4.78 is 29.2. The lowest BCUT2D eigenvalue weighted by Gasteiger charge is -2.04. The zero-order valence-corrected chi connectivity index (χ0v) is 16.2. The molecule has 0 radical (unpaired) electrons. The van der Waals surface area contributed by atoms with Gasteiger partial charge in [0.15, 0.2) is 11.5 Å². The molecule has 0 amide bonds. The van der Waals surface area contributed by atoms with Crippen molar-refractivity contribution in [3.05, 3.63) is 78.1 Å². The molecule has 1 heterocycles. The van der Waals surface area contributed by atoms with E-state index in [1.54, 1.807) is 18.2 Å². The number of carbonyl (C=O) groups excluding carboxylic acids is 1. The van der Waals surface area contributed by atoms with E-state index in [9.17, 15) is 14.3 Å². The maximum absolute atomic E-state index is 12.9. The number of benzene rings is 3. The number of hydrogen-bond acceptors (Lipinski definition) is 5. The van der Waals surface area contributed by atoms with Gasteiger partial charge in [0.1, 0.15) is 22.9 Å². The molecule has 0 bridgehead atoms. The van der Waals surface area contributed by atoms with Crippen LogP contribution in [0.25, 0.3) is 22.3 Å². The van der Waals surface area contributed by atoms with Gasteiger partial charge in [-0.25, -0.2) is 4.39 Å². The Morgan fingerprint density at radius 2 is 1.83 bits per heavy atom. The van der Waals surface area contributed by atoms with Crippen LogP contribution in [0.4, 0.5) is 4.39 Å². The van der Waals surface area contributed by atoms with E-state index in [2.05, 4.69) is 0 Å². The lowest BCUT2D eigenvalue weighted by Crippen LogP contribution is -2.09. The summed E-state index contributed by atoms with van der Waals surface area (Å²) in [7, 11) is 1.49. The molecule has 0 unspecified atom stereocenters. The summed E-state index contributed by atoms with van der Waals surface area (Å²) in [6.07, 6.45) is 0.701. The normalized spacial score (nSPS) is 10.9. The third kappa shape index (κ3) is 4.27. The van der Waals surface area contributed by atoms with Crippen molar-refractivity contribution < 1.29 is 28.2 Å². The number of hydrogen-bond donors (Lipinski definition) is 1. The van der Waals surface area contributed by atoms with E-state index in [0.29, 0.717) is 23.7 Å². The van der Waals surface area contributed by atoms with Crippen molar-refractivity contribution in [3.8, 4) is 28.6 Å². The zero-order chi connectivity index (χ0) is 21.1. The maximum Gasteiger partial charge on any atom is 0.311 e. The number of methoxy groups -OCH3 is 1. The van der Waals surface area contributed by atoms with Crippen LogP contribution in [0.5, 0.6) is 17.2 Å². The molecular formula is C24H19FO5. The molecule has 6 heteroatoms. The van der Waals surface area contributed by atoms with Crippen LogP contribution in [-0.2, 0) is 11.2 Å². The molecule has 0 fully saturated rings. The first-order valence-electron chi connectivity index (χ1n) is 9.38. The lowest BCUT2D eigenvalue weighted by atomic mass is 10.1. The Morgan fingerprint density at radius 3 is 2.60 bits per heavy atom. The van der Waals surface area contributed by atoms with Crippen molar-refractivity contribution in [2.75, 3.05) is 7.11 Å². The smallest absolute Gasteiger partial charge is 0.311 e. The summed E-state index contributed by atoms with van der Waals surface area (Å²) in [6.45, 7) is 0. The van der Waals surface area contributed by atoms with Crippen LogP contribution in [0.2, 0.25) is 0 Å². The predicted molar refractivity (Wildman–Crippen MR) is 110 cm³/mol. The highest BCUT2D eigenvalue weighted by atomic mass is 19.1. The number of aryl methyl sites for hydroxylation is 1. The molecule has 3 aromatic carbocycles. The van der Waals surface area contributed by atoms with Gasteiger partial charge < -0.3 is 19.0 Å². The Balaban J connectivity index is 1.46. The molecule has 5 nitrogen and oxygen atoms in total. The Labute approximate surface area is 172 Å². The van der Waals surface area contributed by atoms with E-state index in [1.165, 1.54) is 31.4 Å².